The number of hydrogen-bond donors (Lipinski definition) is 4. The third-order valence-electron chi connectivity index (χ3n) is 9.44. The number of amides is 1. The maximum absolute atomic E-state index is 12.6. The van der Waals surface area contributed by atoms with Crippen LogP contribution >= 0.6 is 0 Å². The van der Waals surface area contributed by atoms with Crippen LogP contribution in [0, 0.1) is 11.8 Å². The topological polar surface area (TPSA) is 164 Å². The number of piperidine rings is 1. The van der Waals surface area contributed by atoms with Gasteiger partial charge in [-0.3, -0.25) is 9.69 Å². The van der Waals surface area contributed by atoms with Gasteiger partial charge in [-0.1, -0.05) is 13.0 Å². The minimum absolute atomic E-state index is 0.0118. The van der Waals surface area contributed by atoms with Crippen LogP contribution in [0.5, 0.6) is 11.5 Å². The molecule has 5 aliphatic rings. The Labute approximate surface area is 237 Å². The second-order valence-electron chi connectivity index (χ2n) is 11.7. The van der Waals surface area contributed by atoms with Crippen molar-refractivity contribution in [2.24, 2.45) is 11.8 Å². The van der Waals surface area contributed by atoms with Crippen LogP contribution in [0.2, 0.25) is 0 Å². The fourth-order valence-electron chi connectivity index (χ4n) is 7.17. The number of phenolic OH excluding ortho intramolecular Hbond substituents is 1. The monoisotopic (exact) mass is 572 g/mol. The SMILES string of the molecule is CCC(COC(=O)NCCOC(=O)OC1=CC[C@@]2(O)[C@H]3Cc4ccc(O)c5c4[C@@]2(CCN3CC2CC2)[C@H]1O5)C(=O)O. The van der Waals surface area contributed by atoms with Crippen LogP contribution < -0.4 is 10.1 Å². The van der Waals surface area contributed by atoms with Gasteiger partial charge in [0.1, 0.15) is 19.0 Å². The standard InChI is InChI=1S/C29H36N2O10/c1-2-17(25(33)34)15-39-26(35)30-10-12-38-27(36)40-20-7-8-29(37)21-13-18-5-6-19(32)23-22(18)28(29,24(20)41-23)9-11-31(21)14-16-3-4-16/h5-7,16-17,21,24,32,37H,2-4,8-15H2,1H3,(H,30,35)(H,33,34)/t17?,21-,24+,28+,29-/m1/s1. The number of phenols is 1. The van der Waals surface area contributed by atoms with Crippen LogP contribution in [0.4, 0.5) is 9.59 Å². The number of ether oxygens (including phenoxy) is 4. The van der Waals surface area contributed by atoms with Crippen molar-refractivity contribution in [3.63, 3.8) is 0 Å². The average molecular weight is 573 g/mol. The van der Waals surface area contributed by atoms with E-state index in [1.807, 2.05) is 6.07 Å². The summed E-state index contributed by atoms with van der Waals surface area (Å²) >= 11 is 0. The maximum Gasteiger partial charge on any atom is 0.513 e. The number of likely N-dealkylation sites (tertiary alicyclic amines) is 1. The number of aliphatic hydroxyl groups is 1. The van der Waals surface area contributed by atoms with Crippen LogP contribution in [0.1, 0.15) is 50.2 Å². The van der Waals surface area contributed by atoms with E-state index in [-0.39, 0.29) is 43.7 Å². The summed E-state index contributed by atoms with van der Waals surface area (Å²) in [5.41, 5.74) is -0.187. The summed E-state index contributed by atoms with van der Waals surface area (Å²) < 4.78 is 22.0. The number of aromatic hydroxyl groups is 1. The van der Waals surface area contributed by atoms with Crippen LogP contribution in [-0.2, 0) is 30.8 Å². The Morgan fingerprint density at radius 2 is 2.05 bits per heavy atom. The molecule has 1 unspecified atom stereocenters. The van der Waals surface area contributed by atoms with E-state index in [9.17, 15) is 24.6 Å². The Kier molecular flexibility index (Phi) is 7.01. The smallest absolute Gasteiger partial charge is 0.504 e. The van der Waals surface area contributed by atoms with Gasteiger partial charge in [-0.05, 0) is 62.3 Å². The number of carbonyl (C=O) groups excluding carboxylic acids is 2. The van der Waals surface area contributed by atoms with Gasteiger partial charge >= 0.3 is 18.2 Å². The van der Waals surface area contributed by atoms with Crippen molar-refractivity contribution in [3.8, 4) is 11.5 Å². The number of nitrogens with one attached hydrogen (secondary N) is 1. The van der Waals surface area contributed by atoms with Crippen molar-refractivity contribution in [2.45, 2.75) is 68.6 Å². The molecule has 1 amide bonds. The molecule has 5 atom stereocenters. The molecule has 2 aliphatic heterocycles. The molecular formula is C29H36N2O10. The van der Waals surface area contributed by atoms with Gasteiger partial charge in [-0.15, -0.1) is 0 Å². The molecule has 2 bridgehead atoms. The zero-order valence-corrected chi connectivity index (χ0v) is 23.0. The number of carboxylic acids is 1. The van der Waals surface area contributed by atoms with E-state index in [0.29, 0.717) is 30.9 Å². The Balaban J connectivity index is 1.12. The zero-order valence-electron chi connectivity index (χ0n) is 23.0. The lowest BCUT2D eigenvalue weighted by molar-refractivity contribution is -0.169. The highest BCUT2D eigenvalue weighted by molar-refractivity contribution is 5.71. The number of aliphatic carboxylic acids is 1. The molecule has 1 saturated carbocycles. The first-order valence-corrected chi connectivity index (χ1v) is 14.3. The third-order valence-corrected chi connectivity index (χ3v) is 9.44. The highest BCUT2D eigenvalue weighted by Gasteiger charge is 2.72. The van der Waals surface area contributed by atoms with E-state index in [1.165, 1.54) is 12.8 Å². The molecule has 12 heteroatoms. The molecule has 4 N–H and O–H groups in total. The van der Waals surface area contributed by atoms with Gasteiger partial charge in [0.2, 0.25) is 0 Å². The molecule has 2 heterocycles. The largest absolute Gasteiger partial charge is 0.513 e. The number of benzene rings is 1. The van der Waals surface area contributed by atoms with Crippen LogP contribution in [0.3, 0.4) is 0 Å². The van der Waals surface area contributed by atoms with Crippen molar-refractivity contribution in [3.05, 3.63) is 35.1 Å². The Morgan fingerprint density at radius 1 is 1.24 bits per heavy atom. The first-order chi connectivity index (χ1) is 19.7. The van der Waals surface area contributed by atoms with Gasteiger partial charge in [-0.2, -0.15) is 0 Å². The van der Waals surface area contributed by atoms with Gasteiger partial charge in [0.15, 0.2) is 17.6 Å². The number of carbonyl (C=O) groups is 3. The normalized spacial score (nSPS) is 29.9. The molecule has 6 rings (SSSR count). The lowest BCUT2D eigenvalue weighted by atomic mass is 9.50. The second-order valence-corrected chi connectivity index (χ2v) is 11.7. The van der Waals surface area contributed by atoms with Gasteiger partial charge in [0, 0.05) is 24.6 Å². The van der Waals surface area contributed by atoms with Gasteiger partial charge in [0.05, 0.1) is 23.5 Å². The van der Waals surface area contributed by atoms with Gasteiger partial charge in [-0.25, -0.2) is 9.59 Å². The summed E-state index contributed by atoms with van der Waals surface area (Å²) in [4.78, 5) is 37.9. The first-order valence-electron chi connectivity index (χ1n) is 14.3. The maximum atomic E-state index is 12.6. The average Bonchev–Trinajstić information content (AvgIpc) is 3.68. The van der Waals surface area contributed by atoms with Crippen molar-refractivity contribution in [1.29, 1.82) is 0 Å². The molecule has 222 valence electrons. The van der Waals surface area contributed by atoms with Gasteiger partial charge in [0.25, 0.3) is 0 Å². The first kappa shape index (κ1) is 27.6. The van der Waals surface area contributed by atoms with Crippen molar-refractivity contribution in [1.82, 2.24) is 10.2 Å². The Bertz CT molecular complexity index is 1280. The molecule has 41 heavy (non-hydrogen) atoms. The fraction of sp³-hybridized carbons (Fsp3) is 0.621. The predicted octanol–water partition coefficient (Wildman–Crippen LogP) is 2.44. The molecule has 1 aromatic rings. The quantitative estimate of drug-likeness (QED) is 0.240. The fourth-order valence-corrected chi connectivity index (χ4v) is 7.17. The summed E-state index contributed by atoms with van der Waals surface area (Å²) in [6.07, 6.45) is 3.33. The lowest BCUT2D eigenvalue weighted by Crippen LogP contribution is -2.75. The second kappa shape index (κ2) is 10.4. The molecule has 3 aliphatic carbocycles. The predicted molar refractivity (Wildman–Crippen MR) is 141 cm³/mol. The molecule has 0 radical (unpaired) electrons. The van der Waals surface area contributed by atoms with Gasteiger partial charge < -0.3 is 39.6 Å². The van der Waals surface area contributed by atoms with E-state index in [2.05, 4.69) is 10.2 Å². The van der Waals surface area contributed by atoms with Crippen LogP contribution in [0.25, 0.3) is 0 Å². The summed E-state index contributed by atoms with van der Waals surface area (Å²) in [7, 11) is 0. The number of carboxylic acid groups (broad SMARTS) is 1. The van der Waals surface area contributed by atoms with E-state index in [1.54, 1.807) is 19.1 Å². The molecule has 0 aromatic heterocycles. The number of rotatable bonds is 10. The highest BCUT2D eigenvalue weighted by Crippen LogP contribution is 2.65. The van der Waals surface area contributed by atoms with Crippen LogP contribution in [-0.4, -0.2) is 89.0 Å². The van der Waals surface area contributed by atoms with E-state index >= 15 is 0 Å². The Hall–Kier alpha value is -3.51. The minimum Gasteiger partial charge on any atom is -0.504 e. The van der Waals surface area contributed by atoms with E-state index in [4.69, 9.17) is 24.1 Å². The van der Waals surface area contributed by atoms with E-state index in [0.717, 1.165) is 24.2 Å². The summed E-state index contributed by atoms with van der Waals surface area (Å²) in [5.74, 6) is -0.622. The summed E-state index contributed by atoms with van der Waals surface area (Å²) in [6, 6.07) is 3.41. The Morgan fingerprint density at radius 3 is 2.78 bits per heavy atom. The van der Waals surface area contributed by atoms with E-state index < -0.39 is 41.3 Å². The summed E-state index contributed by atoms with van der Waals surface area (Å²) in [5, 5.41) is 34.5. The molecule has 12 nitrogen and oxygen atoms in total. The molecular weight excluding hydrogens is 536 g/mol. The van der Waals surface area contributed by atoms with Crippen molar-refractivity contribution < 1.29 is 48.7 Å². The summed E-state index contributed by atoms with van der Waals surface area (Å²) in [6.45, 7) is 2.87. The zero-order chi connectivity index (χ0) is 28.9. The molecule has 1 saturated heterocycles. The highest BCUT2D eigenvalue weighted by atomic mass is 16.7. The number of nitrogens with zero attached hydrogens (tertiary/aromatic N) is 1. The van der Waals surface area contributed by atoms with Crippen LogP contribution in [0.15, 0.2) is 24.0 Å². The lowest BCUT2D eigenvalue weighted by Gasteiger charge is -2.62. The molecule has 1 spiro atoms. The number of hydrogen-bond acceptors (Lipinski definition) is 10. The van der Waals surface area contributed by atoms with Crippen molar-refractivity contribution >= 4 is 18.2 Å². The minimum atomic E-state index is -1.16. The molecule has 1 aromatic carbocycles. The molecule has 2 fully saturated rings. The van der Waals surface area contributed by atoms with Crippen molar-refractivity contribution in [2.75, 3.05) is 32.8 Å². The number of alkyl carbamates (subject to hydrolysis) is 1. The third kappa shape index (κ3) is 4.57.